The first kappa shape index (κ1) is 10.1. The first-order chi connectivity index (χ1) is 6.15. The molecule has 0 aromatic carbocycles. The Morgan fingerprint density at radius 1 is 1.54 bits per heavy atom. The van der Waals surface area contributed by atoms with Crippen molar-refractivity contribution in [1.82, 2.24) is 4.98 Å². The lowest BCUT2D eigenvalue weighted by atomic mass is 10.3. The van der Waals surface area contributed by atoms with Crippen molar-refractivity contribution >= 4 is 23.2 Å². The second-order valence-corrected chi connectivity index (χ2v) is 2.82. The van der Waals surface area contributed by atoms with Crippen molar-refractivity contribution in [3.63, 3.8) is 0 Å². The van der Waals surface area contributed by atoms with Gasteiger partial charge >= 0.3 is 0 Å². The quantitative estimate of drug-likeness (QED) is 0.327. The van der Waals surface area contributed by atoms with Crippen LogP contribution in [0.1, 0.15) is 5.56 Å². The van der Waals surface area contributed by atoms with Crippen molar-refractivity contribution < 1.29 is 4.39 Å². The van der Waals surface area contributed by atoms with Crippen LogP contribution in [0.5, 0.6) is 0 Å². The fourth-order valence-corrected chi connectivity index (χ4v) is 1.08. The van der Waals surface area contributed by atoms with E-state index in [9.17, 15) is 4.39 Å². The van der Waals surface area contributed by atoms with Crippen molar-refractivity contribution in [2.24, 2.45) is 5.11 Å². The third kappa shape index (κ3) is 2.45. The first-order valence-electron chi connectivity index (χ1n) is 3.16. The molecule has 0 aliphatic carbocycles. The smallest absolute Gasteiger partial charge is 0.166 e. The third-order valence-corrected chi connectivity index (χ3v) is 1.86. The maximum absolute atomic E-state index is 12.8. The maximum atomic E-state index is 12.8. The molecule has 1 aromatic heterocycles. The Morgan fingerprint density at radius 2 is 2.23 bits per heavy atom. The van der Waals surface area contributed by atoms with Crippen molar-refractivity contribution in [2.75, 3.05) is 0 Å². The van der Waals surface area contributed by atoms with Crippen LogP contribution in [-0.4, -0.2) is 4.98 Å². The molecule has 0 N–H and O–H groups in total. The molecule has 1 heterocycles. The Kier molecular flexibility index (Phi) is 3.31. The summed E-state index contributed by atoms with van der Waals surface area (Å²) >= 11 is 10.9. The molecule has 0 saturated carbocycles. The van der Waals surface area contributed by atoms with E-state index in [1.807, 2.05) is 0 Å². The minimum absolute atomic E-state index is 0.0406. The van der Waals surface area contributed by atoms with E-state index < -0.39 is 5.82 Å². The van der Waals surface area contributed by atoms with Crippen LogP contribution in [0.15, 0.2) is 11.2 Å². The summed E-state index contributed by atoms with van der Waals surface area (Å²) in [5.41, 5.74) is 8.32. The Bertz CT molecular complexity index is 375. The topological polar surface area (TPSA) is 61.7 Å². The molecule has 0 saturated heterocycles. The molecule has 0 atom stereocenters. The summed E-state index contributed by atoms with van der Waals surface area (Å²) in [5.74, 6) is -0.686. The van der Waals surface area contributed by atoms with Gasteiger partial charge in [-0.3, -0.25) is 0 Å². The molecular formula is C6H3Cl2FN4. The zero-order chi connectivity index (χ0) is 9.84. The second-order valence-electron chi connectivity index (χ2n) is 2.10. The Hall–Kier alpha value is -1.03. The largest absolute Gasteiger partial charge is 0.221 e. The third-order valence-electron chi connectivity index (χ3n) is 1.26. The first-order valence-corrected chi connectivity index (χ1v) is 3.92. The highest BCUT2D eigenvalue weighted by molar-refractivity contribution is 6.32. The molecule has 1 rings (SSSR count). The minimum atomic E-state index is -0.686. The molecule has 0 fully saturated rings. The van der Waals surface area contributed by atoms with E-state index in [4.69, 9.17) is 28.7 Å². The normalized spacial score (nSPS) is 9.46. The molecule has 0 amide bonds. The molecule has 7 heteroatoms. The Balaban J connectivity index is 3.07. The zero-order valence-electron chi connectivity index (χ0n) is 6.21. The van der Waals surface area contributed by atoms with E-state index in [1.54, 1.807) is 0 Å². The Morgan fingerprint density at radius 3 is 2.85 bits per heavy atom. The van der Waals surface area contributed by atoms with Crippen LogP contribution in [0.2, 0.25) is 10.3 Å². The lowest BCUT2D eigenvalue weighted by Gasteiger charge is -2.00. The van der Waals surface area contributed by atoms with Gasteiger partial charge in [-0.05, 0) is 17.2 Å². The number of pyridine rings is 1. The molecule has 4 nitrogen and oxygen atoms in total. The molecule has 0 aliphatic heterocycles. The number of nitrogens with zero attached hydrogens (tertiary/aromatic N) is 4. The van der Waals surface area contributed by atoms with Gasteiger partial charge < -0.3 is 0 Å². The molecule has 0 unspecified atom stereocenters. The fourth-order valence-electron chi connectivity index (χ4n) is 0.702. The van der Waals surface area contributed by atoms with Gasteiger partial charge in [0.05, 0.1) is 6.54 Å². The van der Waals surface area contributed by atoms with Crippen LogP contribution in [-0.2, 0) is 6.54 Å². The molecule has 0 radical (unpaired) electrons. The predicted octanol–water partition coefficient (Wildman–Crippen LogP) is 3.34. The van der Waals surface area contributed by atoms with Crippen molar-refractivity contribution in [3.8, 4) is 0 Å². The highest BCUT2D eigenvalue weighted by Crippen LogP contribution is 2.20. The van der Waals surface area contributed by atoms with E-state index in [1.165, 1.54) is 0 Å². The number of azide groups is 1. The maximum Gasteiger partial charge on any atom is 0.166 e. The molecule has 0 bridgehead atoms. The monoisotopic (exact) mass is 220 g/mol. The van der Waals surface area contributed by atoms with Crippen molar-refractivity contribution in [1.29, 1.82) is 0 Å². The van der Waals surface area contributed by atoms with Gasteiger partial charge in [0.1, 0.15) is 5.15 Å². The van der Waals surface area contributed by atoms with Gasteiger partial charge in [0, 0.05) is 4.91 Å². The number of hydrogen-bond acceptors (Lipinski definition) is 2. The molecule has 68 valence electrons. The molecule has 13 heavy (non-hydrogen) atoms. The summed E-state index contributed by atoms with van der Waals surface area (Å²) in [5, 5.41) is 2.96. The van der Waals surface area contributed by atoms with E-state index in [2.05, 4.69) is 15.0 Å². The van der Waals surface area contributed by atoms with Crippen LogP contribution >= 0.6 is 23.2 Å². The summed E-state index contributed by atoms with van der Waals surface area (Å²) in [6.07, 6.45) is 0. The van der Waals surface area contributed by atoms with E-state index in [-0.39, 0.29) is 16.9 Å². The molecule has 0 aliphatic rings. The average Bonchev–Trinajstić information content (AvgIpc) is 2.09. The summed E-state index contributed by atoms with van der Waals surface area (Å²) in [7, 11) is 0. The van der Waals surface area contributed by atoms with Gasteiger partial charge in [0.15, 0.2) is 11.0 Å². The van der Waals surface area contributed by atoms with Gasteiger partial charge in [-0.25, -0.2) is 9.37 Å². The summed E-state index contributed by atoms with van der Waals surface area (Å²) < 4.78 is 12.8. The Labute approximate surface area is 82.9 Å². The highest BCUT2D eigenvalue weighted by Gasteiger charge is 2.07. The van der Waals surface area contributed by atoms with Crippen LogP contribution in [0.25, 0.3) is 10.4 Å². The van der Waals surface area contributed by atoms with Crippen molar-refractivity contribution in [2.45, 2.75) is 6.54 Å². The number of halogens is 3. The predicted molar refractivity (Wildman–Crippen MR) is 47.1 cm³/mol. The van der Waals surface area contributed by atoms with Crippen LogP contribution in [0.4, 0.5) is 4.39 Å². The van der Waals surface area contributed by atoms with Gasteiger partial charge in [-0.2, -0.15) is 0 Å². The van der Waals surface area contributed by atoms with Crippen LogP contribution in [0, 0.1) is 5.82 Å². The van der Waals surface area contributed by atoms with Gasteiger partial charge in [-0.1, -0.05) is 28.3 Å². The molecular weight excluding hydrogens is 218 g/mol. The minimum Gasteiger partial charge on any atom is -0.221 e. The number of hydrogen-bond donors (Lipinski definition) is 0. The number of aromatic nitrogens is 1. The summed E-state index contributed by atoms with van der Waals surface area (Å²) in [6.45, 7) is -0.0452. The lowest BCUT2D eigenvalue weighted by Crippen LogP contribution is -1.90. The number of rotatable bonds is 2. The van der Waals surface area contributed by atoms with Crippen LogP contribution in [0.3, 0.4) is 0 Å². The molecule has 1 aromatic rings. The van der Waals surface area contributed by atoms with Crippen molar-refractivity contribution in [3.05, 3.63) is 38.2 Å². The average molecular weight is 221 g/mol. The standard InChI is InChI=1S/C6H3Cl2FN4/c7-5-3(2-11-13-10)1-4(9)6(8)12-5/h1H,2H2. The van der Waals surface area contributed by atoms with E-state index >= 15 is 0 Å². The fraction of sp³-hybridized carbons (Fsp3) is 0.167. The molecule has 0 spiro atoms. The van der Waals surface area contributed by atoms with Crippen LogP contribution < -0.4 is 0 Å². The lowest BCUT2D eigenvalue weighted by molar-refractivity contribution is 0.619. The zero-order valence-corrected chi connectivity index (χ0v) is 7.72. The van der Waals surface area contributed by atoms with Gasteiger partial charge in [0.25, 0.3) is 0 Å². The SMILES string of the molecule is [N-]=[N+]=NCc1cc(F)c(Cl)nc1Cl. The second kappa shape index (κ2) is 4.28. The summed E-state index contributed by atoms with van der Waals surface area (Å²) in [4.78, 5) is 6.01. The van der Waals surface area contributed by atoms with E-state index in [0.29, 0.717) is 5.56 Å². The van der Waals surface area contributed by atoms with Gasteiger partial charge in [-0.15, -0.1) is 0 Å². The summed E-state index contributed by atoms with van der Waals surface area (Å²) in [6, 6.07) is 1.09. The van der Waals surface area contributed by atoms with Gasteiger partial charge in [0.2, 0.25) is 0 Å². The van der Waals surface area contributed by atoms with E-state index in [0.717, 1.165) is 6.07 Å². The highest BCUT2D eigenvalue weighted by atomic mass is 35.5.